The molecule has 130 valence electrons. The van der Waals surface area contributed by atoms with Crippen molar-refractivity contribution in [3.63, 3.8) is 0 Å². The molecular weight excluding hydrogens is 368 g/mol. The second-order valence-corrected chi connectivity index (χ2v) is 7.48. The molecule has 0 saturated carbocycles. The van der Waals surface area contributed by atoms with E-state index >= 15 is 0 Å². The third-order valence-electron chi connectivity index (χ3n) is 4.41. The Hall–Kier alpha value is -1.24. The van der Waals surface area contributed by atoms with Gasteiger partial charge in [0.1, 0.15) is 5.52 Å². The van der Waals surface area contributed by atoms with Crippen LogP contribution in [0.1, 0.15) is 19.3 Å². The van der Waals surface area contributed by atoms with Crippen molar-refractivity contribution >= 4 is 32.7 Å². The average Bonchev–Trinajstić information content (AvgIpc) is 2.58. The minimum Gasteiger partial charge on any atom is -0.378 e. The van der Waals surface area contributed by atoms with Gasteiger partial charge in [-0.05, 0) is 68.0 Å². The molecule has 1 aliphatic rings. The van der Waals surface area contributed by atoms with E-state index in [1.807, 2.05) is 18.5 Å². The van der Waals surface area contributed by atoms with E-state index < -0.39 is 0 Å². The Balaban J connectivity index is 1.57. The molecule has 0 N–H and O–H groups in total. The molecule has 0 amide bonds. The number of pyridine rings is 2. The largest absolute Gasteiger partial charge is 0.378 e. The third-order valence-corrected chi connectivity index (χ3v) is 4.84. The van der Waals surface area contributed by atoms with Crippen molar-refractivity contribution in [2.24, 2.45) is 0 Å². The summed E-state index contributed by atoms with van der Waals surface area (Å²) in [7, 11) is 4.20. The van der Waals surface area contributed by atoms with Gasteiger partial charge in [-0.3, -0.25) is 9.97 Å². The molecule has 0 unspecified atom stereocenters. The summed E-state index contributed by atoms with van der Waals surface area (Å²) < 4.78 is 7.00. The van der Waals surface area contributed by atoms with Gasteiger partial charge < -0.3 is 14.5 Å². The smallest absolute Gasteiger partial charge is 0.112 e. The molecule has 2 aromatic heterocycles. The molecule has 0 atom stereocenters. The van der Waals surface area contributed by atoms with Crippen LogP contribution in [0.25, 0.3) is 11.0 Å². The van der Waals surface area contributed by atoms with E-state index in [9.17, 15) is 0 Å². The number of ether oxygens (including phenoxy) is 1. The summed E-state index contributed by atoms with van der Waals surface area (Å²) in [5.74, 6) is 0. The van der Waals surface area contributed by atoms with Gasteiger partial charge in [-0.25, -0.2) is 0 Å². The summed E-state index contributed by atoms with van der Waals surface area (Å²) in [5.41, 5.74) is 3.09. The van der Waals surface area contributed by atoms with Crippen LogP contribution in [0.4, 0.5) is 5.69 Å². The monoisotopic (exact) mass is 392 g/mol. The minimum absolute atomic E-state index is 0.388. The number of fused-ring (bicyclic) bond motifs is 1. The lowest BCUT2D eigenvalue weighted by molar-refractivity contribution is 0.0333. The predicted octanol–water partition coefficient (Wildman–Crippen LogP) is 3.33. The zero-order valence-corrected chi connectivity index (χ0v) is 16.0. The van der Waals surface area contributed by atoms with Crippen molar-refractivity contribution in [2.45, 2.75) is 25.4 Å². The molecule has 2 aromatic rings. The van der Waals surface area contributed by atoms with Gasteiger partial charge in [-0.1, -0.05) is 0 Å². The average molecular weight is 393 g/mol. The zero-order valence-electron chi connectivity index (χ0n) is 14.4. The Morgan fingerprint density at radius 2 is 2.08 bits per heavy atom. The molecule has 5 nitrogen and oxygen atoms in total. The van der Waals surface area contributed by atoms with Gasteiger partial charge >= 0.3 is 0 Å². The molecular formula is C18H25BrN4O. The minimum atomic E-state index is 0.388. The number of hydrogen-bond donors (Lipinski definition) is 0. The van der Waals surface area contributed by atoms with Crippen LogP contribution in [0.5, 0.6) is 0 Å². The van der Waals surface area contributed by atoms with E-state index in [1.165, 1.54) is 5.69 Å². The Morgan fingerprint density at radius 1 is 1.29 bits per heavy atom. The second-order valence-electron chi connectivity index (χ2n) is 6.57. The molecule has 3 rings (SSSR count). The fourth-order valence-electron chi connectivity index (χ4n) is 3.14. The first-order valence-electron chi connectivity index (χ1n) is 8.55. The number of rotatable bonds is 6. The first kappa shape index (κ1) is 17.6. The second kappa shape index (κ2) is 8.23. The summed E-state index contributed by atoms with van der Waals surface area (Å²) in [6, 6.07) is 4.09. The van der Waals surface area contributed by atoms with Crippen molar-refractivity contribution in [3.8, 4) is 0 Å². The van der Waals surface area contributed by atoms with E-state index in [0.29, 0.717) is 6.10 Å². The Labute approximate surface area is 152 Å². The predicted molar refractivity (Wildman–Crippen MR) is 102 cm³/mol. The lowest BCUT2D eigenvalue weighted by Gasteiger charge is -2.33. The first-order valence-corrected chi connectivity index (χ1v) is 9.34. The summed E-state index contributed by atoms with van der Waals surface area (Å²) >= 11 is 3.46. The summed E-state index contributed by atoms with van der Waals surface area (Å²) in [5, 5.41) is 0. The molecule has 3 heterocycles. The SMILES string of the molecule is CN(C)CCCOC1CCN(c2ccnc3cc(Br)cnc23)CC1. The molecule has 0 aromatic carbocycles. The number of anilines is 1. The van der Waals surface area contributed by atoms with Crippen LogP contribution in [0, 0.1) is 0 Å². The molecule has 0 spiro atoms. The molecule has 6 heteroatoms. The molecule has 1 fully saturated rings. The number of piperidine rings is 1. The van der Waals surface area contributed by atoms with Gasteiger partial charge in [0.25, 0.3) is 0 Å². The highest BCUT2D eigenvalue weighted by Crippen LogP contribution is 2.28. The zero-order chi connectivity index (χ0) is 16.9. The molecule has 1 saturated heterocycles. The topological polar surface area (TPSA) is 41.5 Å². The number of halogens is 1. The molecule has 1 aliphatic heterocycles. The highest BCUT2D eigenvalue weighted by molar-refractivity contribution is 9.10. The van der Waals surface area contributed by atoms with Gasteiger partial charge in [0.2, 0.25) is 0 Å². The van der Waals surface area contributed by atoms with Crippen LogP contribution in [0.15, 0.2) is 29.0 Å². The number of aromatic nitrogens is 2. The van der Waals surface area contributed by atoms with Crippen molar-refractivity contribution < 1.29 is 4.74 Å². The van der Waals surface area contributed by atoms with Crippen LogP contribution in [0.2, 0.25) is 0 Å². The van der Waals surface area contributed by atoms with E-state index in [0.717, 1.165) is 61.0 Å². The van der Waals surface area contributed by atoms with E-state index in [1.54, 1.807) is 0 Å². The normalized spacial score (nSPS) is 16.2. The van der Waals surface area contributed by atoms with E-state index in [2.05, 4.69) is 55.9 Å². The van der Waals surface area contributed by atoms with Crippen molar-refractivity contribution in [3.05, 3.63) is 29.0 Å². The maximum absolute atomic E-state index is 6.03. The highest BCUT2D eigenvalue weighted by Gasteiger charge is 2.21. The maximum Gasteiger partial charge on any atom is 0.112 e. The van der Waals surface area contributed by atoms with Crippen LogP contribution >= 0.6 is 15.9 Å². The fourth-order valence-corrected chi connectivity index (χ4v) is 3.46. The summed E-state index contributed by atoms with van der Waals surface area (Å²) in [4.78, 5) is 13.6. The van der Waals surface area contributed by atoms with E-state index in [-0.39, 0.29) is 0 Å². The molecule has 0 aliphatic carbocycles. The number of nitrogens with zero attached hydrogens (tertiary/aromatic N) is 4. The highest BCUT2D eigenvalue weighted by atomic mass is 79.9. The quantitative estimate of drug-likeness (QED) is 0.705. The van der Waals surface area contributed by atoms with Gasteiger partial charge in [0.15, 0.2) is 0 Å². The lowest BCUT2D eigenvalue weighted by Crippen LogP contribution is -2.37. The van der Waals surface area contributed by atoms with Crippen LogP contribution < -0.4 is 4.90 Å². The lowest BCUT2D eigenvalue weighted by atomic mass is 10.1. The Bertz CT molecular complexity index is 671. The molecule has 24 heavy (non-hydrogen) atoms. The van der Waals surface area contributed by atoms with Crippen molar-refractivity contribution in [1.82, 2.24) is 14.9 Å². The van der Waals surface area contributed by atoms with Gasteiger partial charge in [-0.15, -0.1) is 0 Å². The maximum atomic E-state index is 6.03. The van der Waals surface area contributed by atoms with E-state index in [4.69, 9.17) is 4.74 Å². The fraction of sp³-hybridized carbons (Fsp3) is 0.556. The Kier molecular flexibility index (Phi) is 6.03. The summed E-state index contributed by atoms with van der Waals surface area (Å²) in [6.07, 6.45) is 7.34. The Morgan fingerprint density at radius 3 is 2.83 bits per heavy atom. The van der Waals surface area contributed by atoms with Gasteiger partial charge in [0, 0.05) is 36.6 Å². The van der Waals surface area contributed by atoms with Crippen LogP contribution in [0.3, 0.4) is 0 Å². The van der Waals surface area contributed by atoms with Crippen LogP contribution in [-0.4, -0.2) is 61.3 Å². The van der Waals surface area contributed by atoms with Gasteiger partial charge in [0.05, 0.1) is 17.3 Å². The summed E-state index contributed by atoms with van der Waals surface area (Å²) in [6.45, 7) is 3.96. The van der Waals surface area contributed by atoms with Crippen molar-refractivity contribution in [2.75, 3.05) is 45.2 Å². The molecule has 0 bridgehead atoms. The van der Waals surface area contributed by atoms with Crippen LogP contribution in [-0.2, 0) is 4.74 Å². The first-order chi connectivity index (χ1) is 11.6. The number of hydrogen-bond acceptors (Lipinski definition) is 5. The van der Waals surface area contributed by atoms with Crippen molar-refractivity contribution in [1.29, 1.82) is 0 Å². The van der Waals surface area contributed by atoms with Gasteiger partial charge in [-0.2, -0.15) is 0 Å². The third kappa shape index (κ3) is 4.43. The molecule has 0 radical (unpaired) electrons. The standard InChI is InChI=1S/C18H25BrN4O/c1-22(2)8-3-11-24-15-5-9-23(10-6-15)17-4-7-20-16-12-14(19)13-21-18(16)17/h4,7,12-13,15H,3,5-6,8-11H2,1-2H3.